The maximum absolute atomic E-state index is 12.8. The zero-order valence-electron chi connectivity index (χ0n) is 17.5. The van der Waals surface area contributed by atoms with E-state index in [1.54, 1.807) is 0 Å². The molecule has 0 atom stereocenters. The summed E-state index contributed by atoms with van der Waals surface area (Å²) >= 11 is 5.96. The smallest absolute Gasteiger partial charge is 0.267 e. The van der Waals surface area contributed by atoms with Crippen molar-refractivity contribution in [3.63, 3.8) is 0 Å². The summed E-state index contributed by atoms with van der Waals surface area (Å²) in [6, 6.07) is 17.8. The van der Waals surface area contributed by atoms with E-state index in [-0.39, 0.29) is 17.9 Å². The number of nitrogens with zero attached hydrogens (tertiary/aromatic N) is 3. The van der Waals surface area contributed by atoms with E-state index in [2.05, 4.69) is 27.5 Å². The molecular weight excluding hydrogens is 412 g/mol. The second kappa shape index (κ2) is 10.1. The molecular formula is C24H27ClN4O2. The number of hydrogen-bond acceptors (Lipinski definition) is 4. The lowest BCUT2D eigenvalue weighted by Gasteiger charge is -2.32. The summed E-state index contributed by atoms with van der Waals surface area (Å²) < 4.78 is 0. The van der Waals surface area contributed by atoms with Gasteiger partial charge in [-0.15, -0.1) is 0 Å². The fraction of sp³-hybridized carbons (Fsp3) is 0.375. The molecule has 2 amide bonds. The lowest BCUT2D eigenvalue weighted by atomic mass is 10.0. The van der Waals surface area contributed by atoms with Gasteiger partial charge in [-0.1, -0.05) is 54.1 Å². The SMILES string of the molecule is O=C(NC1CCN(Cc2ccc(Cl)cc2)CC1)C1=NN(Cc2ccccc2)C(=O)CC1. The largest absolute Gasteiger partial charge is 0.348 e. The third kappa shape index (κ3) is 5.93. The number of hydrazone groups is 1. The van der Waals surface area contributed by atoms with Gasteiger partial charge in [0.2, 0.25) is 5.91 Å². The Morgan fingerprint density at radius 2 is 1.65 bits per heavy atom. The molecule has 0 spiro atoms. The molecule has 2 heterocycles. The summed E-state index contributed by atoms with van der Waals surface area (Å²) in [4.78, 5) is 27.4. The summed E-state index contributed by atoms with van der Waals surface area (Å²) in [5, 5.41) is 9.67. The van der Waals surface area contributed by atoms with Crippen molar-refractivity contribution in [3.05, 3.63) is 70.7 Å². The number of carbonyl (C=O) groups is 2. The van der Waals surface area contributed by atoms with Crippen molar-refractivity contribution < 1.29 is 9.59 Å². The maximum Gasteiger partial charge on any atom is 0.267 e. The van der Waals surface area contributed by atoms with E-state index in [4.69, 9.17) is 11.6 Å². The summed E-state index contributed by atoms with van der Waals surface area (Å²) in [5.41, 5.74) is 2.68. The normalized spacial score (nSPS) is 18.0. The van der Waals surface area contributed by atoms with Gasteiger partial charge >= 0.3 is 0 Å². The topological polar surface area (TPSA) is 65.0 Å². The van der Waals surface area contributed by atoms with E-state index < -0.39 is 0 Å². The molecule has 7 heteroatoms. The second-order valence-electron chi connectivity index (χ2n) is 8.13. The van der Waals surface area contributed by atoms with Crippen LogP contribution >= 0.6 is 11.6 Å². The minimum Gasteiger partial charge on any atom is -0.348 e. The number of halogens is 1. The summed E-state index contributed by atoms with van der Waals surface area (Å²) in [6.45, 7) is 3.14. The van der Waals surface area contributed by atoms with Crippen LogP contribution in [0, 0.1) is 0 Å². The monoisotopic (exact) mass is 438 g/mol. The van der Waals surface area contributed by atoms with Crippen molar-refractivity contribution >= 4 is 29.1 Å². The van der Waals surface area contributed by atoms with E-state index in [1.807, 2.05) is 42.5 Å². The minimum atomic E-state index is -0.151. The molecule has 31 heavy (non-hydrogen) atoms. The number of benzene rings is 2. The standard InChI is InChI=1S/C24H27ClN4O2/c25-20-8-6-19(7-9-20)16-28-14-12-21(13-15-28)26-24(31)22-10-11-23(30)29(27-22)17-18-4-2-1-3-5-18/h1-9,21H,10-17H2,(H,26,31). The van der Waals surface area contributed by atoms with Crippen LogP contribution in [0.25, 0.3) is 0 Å². The van der Waals surface area contributed by atoms with Gasteiger partial charge in [0.15, 0.2) is 0 Å². The highest BCUT2D eigenvalue weighted by Gasteiger charge is 2.27. The van der Waals surface area contributed by atoms with Crippen LogP contribution in [0.15, 0.2) is 59.7 Å². The predicted molar refractivity (Wildman–Crippen MR) is 122 cm³/mol. The molecule has 0 aliphatic carbocycles. The fourth-order valence-corrected chi connectivity index (χ4v) is 4.12. The van der Waals surface area contributed by atoms with Crippen molar-refractivity contribution in [2.45, 2.75) is 44.8 Å². The van der Waals surface area contributed by atoms with Crippen LogP contribution in [0.4, 0.5) is 0 Å². The molecule has 2 aromatic rings. The van der Waals surface area contributed by atoms with Gasteiger partial charge in [-0.2, -0.15) is 5.10 Å². The van der Waals surface area contributed by atoms with Crippen LogP contribution < -0.4 is 5.32 Å². The van der Waals surface area contributed by atoms with Gasteiger partial charge in [-0.05, 0) is 36.1 Å². The Morgan fingerprint density at radius 1 is 0.968 bits per heavy atom. The van der Waals surface area contributed by atoms with Gasteiger partial charge in [-0.3, -0.25) is 14.5 Å². The third-order valence-electron chi connectivity index (χ3n) is 5.78. The van der Waals surface area contributed by atoms with Gasteiger partial charge in [0.1, 0.15) is 5.71 Å². The van der Waals surface area contributed by atoms with Crippen LogP contribution in [-0.4, -0.2) is 46.6 Å². The molecule has 2 aliphatic rings. The highest BCUT2D eigenvalue weighted by atomic mass is 35.5. The highest BCUT2D eigenvalue weighted by Crippen LogP contribution is 2.17. The van der Waals surface area contributed by atoms with E-state index in [9.17, 15) is 9.59 Å². The first-order valence-corrected chi connectivity index (χ1v) is 11.1. The molecule has 1 N–H and O–H groups in total. The van der Waals surface area contributed by atoms with Crippen molar-refractivity contribution in [1.29, 1.82) is 0 Å². The summed E-state index contributed by atoms with van der Waals surface area (Å²) in [6.07, 6.45) is 2.52. The molecule has 0 radical (unpaired) electrons. The zero-order valence-corrected chi connectivity index (χ0v) is 18.2. The van der Waals surface area contributed by atoms with Crippen LogP contribution in [-0.2, 0) is 22.7 Å². The second-order valence-corrected chi connectivity index (χ2v) is 8.57. The highest BCUT2D eigenvalue weighted by molar-refractivity contribution is 6.39. The fourth-order valence-electron chi connectivity index (χ4n) is 4.00. The summed E-state index contributed by atoms with van der Waals surface area (Å²) in [5.74, 6) is -0.197. The molecule has 162 valence electrons. The molecule has 0 bridgehead atoms. The first-order valence-electron chi connectivity index (χ1n) is 10.8. The molecule has 1 saturated heterocycles. The molecule has 0 aromatic heterocycles. The van der Waals surface area contributed by atoms with Crippen molar-refractivity contribution in [1.82, 2.24) is 15.2 Å². The number of rotatable bonds is 6. The average Bonchev–Trinajstić information content (AvgIpc) is 2.79. The summed E-state index contributed by atoms with van der Waals surface area (Å²) in [7, 11) is 0. The lowest BCUT2D eigenvalue weighted by molar-refractivity contribution is -0.132. The molecule has 4 rings (SSSR count). The number of nitrogens with one attached hydrogen (secondary N) is 1. The molecule has 0 saturated carbocycles. The Kier molecular flexibility index (Phi) is 6.99. The van der Waals surface area contributed by atoms with Gasteiger partial charge in [0, 0.05) is 43.5 Å². The van der Waals surface area contributed by atoms with Crippen LogP contribution in [0.1, 0.15) is 36.8 Å². The molecule has 0 unspecified atom stereocenters. The van der Waals surface area contributed by atoms with E-state index in [0.29, 0.717) is 25.1 Å². The third-order valence-corrected chi connectivity index (χ3v) is 6.04. The Balaban J connectivity index is 1.28. The Labute approximate surface area is 187 Å². The number of amides is 2. The van der Waals surface area contributed by atoms with Crippen molar-refractivity contribution in [2.75, 3.05) is 13.1 Å². The minimum absolute atomic E-state index is 0.0455. The van der Waals surface area contributed by atoms with E-state index in [0.717, 1.165) is 43.1 Å². The molecule has 2 aromatic carbocycles. The van der Waals surface area contributed by atoms with Crippen molar-refractivity contribution in [3.8, 4) is 0 Å². The van der Waals surface area contributed by atoms with Gasteiger partial charge < -0.3 is 5.32 Å². The van der Waals surface area contributed by atoms with E-state index >= 15 is 0 Å². The lowest BCUT2D eigenvalue weighted by Crippen LogP contribution is -2.47. The first-order chi connectivity index (χ1) is 15.1. The van der Waals surface area contributed by atoms with Crippen LogP contribution in [0.2, 0.25) is 5.02 Å². The predicted octanol–water partition coefficient (Wildman–Crippen LogP) is 3.60. The number of piperidine rings is 1. The first kappa shape index (κ1) is 21.5. The molecule has 6 nitrogen and oxygen atoms in total. The van der Waals surface area contributed by atoms with Gasteiger partial charge in [-0.25, -0.2) is 5.01 Å². The average molecular weight is 439 g/mol. The molecule has 2 aliphatic heterocycles. The number of hydrogen-bond donors (Lipinski definition) is 1. The van der Waals surface area contributed by atoms with Crippen molar-refractivity contribution in [2.24, 2.45) is 5.10 Å². The van der Waals surface area contributed by atoms with Crippen LogP contribution in [0.3, 0.4) is 0 Å². The van der Waals surface area contributed by atoms with E-state index in [1.165, 1.54) is 10.6 Å². The quantitative estimate of drug-likeness (QED) is 0.749. The van der Waals surface area contributed by atoms with Gasteiger partial charge in [0.05, 0.1) is 6.54 Å². The van der Waals surface area contributed by atoms with Gasteiger partial charge in [0.25, 0.3) is 5.91 Å². The number of likely N-dealkylation sites (tertiary alicyclic amines) is 1. The maximum atomic E-state index is 12.8. The molecule has 1 fully saturated rings. The Hall–Kier alpha value is -2.70. The van der Waals surface area contributed by atoms with Crippen LogP contribution in [0.5, 0.6) is 0 Å². The Bertz CT molecular complexity index is 938. The zero-order chi connectivity index (χ0) is 21.6. The number of carbonyl (C=O) groups excluding carboxylic acids is 2. The Morgan fingerprint density at radius 3 is 2.35 bits per heavy atom.